The average molecular weight is 307 g/mol. The highest BCUT2D eigenvalue weighted by molar-refractivity contribution is 5.96. The molecule has 0 aromatic rings. The summed E-state index contributed by atoms with van der Waals surface area (Å²) in [6.45, 7) is 4.16. The van der Waals surface area contributed by atoms with Crippen molar-refractivity contribution in [1.29, 1.82) is 0 Å². The van der Waals surface area contributed by atoms with Gasteiger partial charge >= 0.3 is 0 Å². The molecule has 3 rings (SSSR count). The Labute approximate surface area is 133 Å². The topological polar surface area (TPSA) is 75.4 Å². The minimum atomic E-state index is -0.744. The van der Waals surface area contributed by atoms with Gasteiger partial charge in [-0.1, -0.05) is 19.3 Å². The fourth-order valence-electron chi connectivity index (χ4n) is 5.13. The zero-order valence-electron chi connectivity index (χ0n) is 13.9. The van der Waals surface area contributed by atoms with E-state index in [1.807, 2.05) is 4.90 Å². The Bertz CT molecular complexity index is 471. The zero-order valence-corrected chi connectivity index (χ0v) is 13.9. The van der Waals surface area contributed by atoms with Gasteiger partial charge in [0.25, 0.3) is 0 Å². The highest BCUT2D eigenvalue weighted by Gasteiger charge is 2.63. The zero-order chi connectivity index (χ0) is 16.0. The van der Waals surface area contributed by atoms with Crippen molar-refractivity contribution in [3.05, 3.63) is 0 Å². The summed E-state index contributed by atoms with van der Waals surface area (Å²) < 4.78 is 0. The lowest BCUT2D eigenvalue weighted by Crippen LogP contribution is -2.61. The maximum atomic E-state index is 13.4. The van der Waals surface area contributed by atoms with Gasteiger partial charge in [0.2, 0.25) is 11.8 Å². The fraction of sp³-hybridized carbons (Fsp3) is 0.882. The van der Waals surface area contributed by atoms with Crippen molar-refractivity contribution in [2.45, 2.75) is 88.9 Å². The molecule has 2 atom stereocenters. The number of carbonyl (C=O) groups is 2. The highest BCUT2D eigenvalue weighted by atomic mass is 16.2. The van der Waals surface area contributed by atoms with E-state index >= 15 is 0 Å². The molecule has 2 unspecified atom stereocenters. The van der Waals surface area contributed by atoms with E-state index in [0.717, 1.165) is 51.4 Å². The number of nitrogens with two attached hydrogens (primary N) is 1. The van der Waals surface area contributed by atoms with E-state index in [1.165, 1.54) is 6.42 Å². The van der Waals surface area contributed by atoms with Crippen LogP contribution in [0.5, 0.6) is 0 Å². The summed E-state index contributed by atoms with van der Waals surface area (Å²) in [5, 5.41) is 3.71. The van der Waals surface area contributed by atoms with Gasteiger partial charge in [0.15, 0.2) is 0 Å². The second kappa shape index (κ2) is 5.52. The van der Waals surface area contributed by atoms with Crippen molar-refractivity contribution in [3.63, 3.8) is 0 Å². The Morgan fingerprint density at radius 1 is 1.18 bits per heavy atom. The van der Waals surface area contributed by atoms with Crippen molar-refractivity contribution in [2.75, 3.05) is 0 Å². The average Bonchev–Trinajstić information content (AvgIpc) is 2.69. The van der Waals surface area contributed by atoms with Gasteiger partial charge in [-0.2, -0.15) is 0 Å². The molecule has 22 heavy (non-hydrogen) atoms. The maximum Gasteiger partial charge on any atom is 0.245 e. The number of primary amides is 1. The van der Waals surface area contributed by atoms with Gasteiger partial charge in [0.1, 0.15) is 5.54 Å². The van der Waals surface area contributed by atoms with Crippen LogP contribution in [0, 0.1) is 5.92 Å². The smallest absolute Gasteiger partial charge is 0.245 e. The van der Waals surface area contributed by atoms with Gasteiger partial charge in [-0.15, -0.1) is 0 Å². The summed E-state index contributed by atoms with van der Waals surface area (Å²) in [5.74, 6) is -0.568. The van der Waals surface area contributed by atoms with Crippen LogP contribution < -0.4 is 11.1 Å². The van der Waals surface area contributed by atoms with Gasteiger partial charge < -0.3 is 10.6 Å². The minimum Gasteiger partial charge on any atom is -0.369 e. The largest absolute Gasteiger partial charge is 0.369 e. The molecule has 0 aromatic heterocycles. The number of nitrogens with one attached hydrogen (secondary N) is 1. The number of amides is 2. The van der Waals surface area contributed by atoms with E-state index in [-0.39, 0.29) is 29.4 Å². The first-order valence-electron chi connectivity index (χ1n) is 8.85. The number of carbonyl (C=O) groups excluding carboxylic acids is 2. The molecule has 124 valence electrons. The monoisotopic (exact) mass is 307 g/mol. The SMILES string of the molecule is CC(C)N1C(=O)C2(CCCCC2C(N)=O)NC12CCCCC2. The van der Waals surface area contributed by atoms with Crippen LogP contribution in [-0.2, 0) is 9.59 Å². The Morgan fingerprint density at radius 3 is 2.41 bits per heavy atom. The molecule has 2 spiro atoms. The number of hydrogen-bond acceptors (Lipinski definition) is 3. The van der Waals surface area contributed by atoms with Crippen molar-refractivity contribution in [3.8, 4) is 0 Å². The summed E-state index contributed by atoms with van der Waals surface area (Å²) in [4.78, 5) is 27.4. The second-order valence-electron chi connectivity index (χ2n) is 7.66. The molecule has 2 saturated carbocycles. The summed E-state index contributed by atoms with van der Waals surface area (Å²) in [7, 11) is 0. The summed E-state index contributed by atoms with van der Waals surface area (Å²) in [6, 6.07) is 0.146. The lowest BCUT2D eigenvalue weighted by atomic mass is 9.72. The normalized spacial score (nSPS) is 34.8. The molecular weight excluding hydrogens is 278 g/mol. The molecule has 3 N–H and O–H groups in total. The van der Waals surface area contributed by atoms with Gasteiger partial charge in [-0.3, -0.25) is 14.9 Å². The van der Waals surface area contributed by atoms with E-state index in [2.05, 4.69) is 19.2 Å². The van der Waals surface area contributed by atoms with Crippen molar-refractivity contribution in [2.24, 2.45) is 11.7 Å². The standard InChI is InChI=1S/C17H29N3O2/c1-12(2)20-15(22)17(11-7-4-8-13(17)14(18)21)19-16(20)9-5-3-6-10-16/h12-13,19H,3-11H2,1-2H3,(H2,18,21). The van der Waals surface area contributed by atoms with E-state index < -0.39 is 5.54 Å². The van der Waals surface area contributed by atoms with Crippen molar-refractivity contribution in [1.82, 2.24) is 10.2 Å². The highest BCUT2D eigenvalue weighted by Crippen LogP contribution is 2.47. The van der Waals surface area contributed by atoms with Gasteiger partial charge in [-0.25, -0.2) is 0 Å². The molecule has 0 aromatic carbocycles. The lowest BCUT2D eigenvalue weighted by molar-refractivity contribution is -0.143. The van der Waals surface area contributed by atoms with Gasteiger partial charge in [0, 0.05) is 6.04 Å². The minimum absolute atomic E-state index is 0.118. The second-order valence-corrected chi connectivity index (χ2v) is 7.66. The summed E-state index contributed by atoms with van der Waals surface area (Å²) in [6.07, 6.45) is 8.94. The summed E-state index contributed by atoms with van der Waals surface area (Å²) >= 11 is 0. The van der Waals surface area contributed by atoms with Crippen LogP contribution in [0.1, 0.15) is 71.6 Å². The number of nitrogens with zero attached hydrogens (tertiary/aromatic N) is 1. The first kappa shape index (κ1) is 15.8. The molecule has 2 aliphatic carbocycles. The van der Waals surface area contributed by atoms with Crippen molar-refractivity contribution < 1.29 is 9.59 Å². The summed E-state index contributed by atoms with van der Waals surface area (Å²) in [5.41, 5.74) is 4.67. The third-order valence-electron chi connectivity index (χ3n) is 5.97. The Kier molecular flexibility index (Phi) is 3.96. The molecule has 1 saturated heterocycles. The van der Waals surface area contributed by atoms with Crippen LogP contribution >= 0.6 is 0 Å². The quantitative estimate of drug-likeness (QED) is 0.818. The van der Waals surface area contributed by atoms with E-state index in [0.29, 0.717) is 0 Å². The van der Waals surface area contributed by atoms with Crippen LogP contribution in [0.4, 0.5) is 0 Å². The fourth-order valence-corrected chi connectivity index (χ4v) is 5.13. The third-order valence-corrected chi connectivity index (χ3v) is 5.97. The maximum absolute atomic E-state index is 13.4. The predicted octanol–water partition coefficient (Wildman–Crippen LogP) is 1.90. The Hall–Kier alpha value is -1.10. The molecule has 1 heterocycles. The van der Waals surface area contributed by atoms with Crippen LogP contribution in [0.2, 0.25) is 0 Å². The third kappa shape index (κ3) is 2.16. The predicted molar refractivity (Wildman–Crippen MR) is 84.8 cm³/mol. The molecular formula is C17H29N3O2. The molecule has 3 fully saturated rings. The van der Waals surface area contributed by atoms with E-state index in [4.69, 9.17) is 5.73 Å². The van der Waals surface area contributed by atoms with E-state index in [1.54, 1.807) is 0 Å². The molecule has 5 heteroatoms. The first-order valence-corrected chi connectivity index (χ1v) is 8.85. The number of rotatable bonds is 2. The van der Waals surface area contributed by atoms with Crippen LogP contribution in [-0.4, -0.2) is 34.0 Å². The van der Waals surface area contributed by atoms with Crippen LogP contribution in [0.25, 0.3) is 0 Å². The van der Waals surface area contributed by atoms with Gasteiger partial charge in [0.05, 0.1) is 11.6 Å². The Morgan fingerprint density at radius 2 is 1.82 bits per heavy atom. The molecule has 0 bridgehead atoms. The molecule has 1 aliphatic heterocycles. The lowest BCUT2D eigenvalue weighted by Gasteiger charge is -2.44. The molecule has 2 amide bonds. The molecule has 0 radical (unpaired) electrons. The van der Waals surface area contributed by atoms with Crippen LogP contribution in [0.15, 0.2) is 0 Å². The molecule has 5 nitrogen and oxygen atoms in total. The Balaban J connectivity index is 2.02. The van der Waals surface area contributed by atoms with E-state index in [9.17, 15) is 9.59 Å². The van der Waals surface area contributed by atoms with Crippen molar-refractivity contribution >= 4 is 11.8 Å². The van der Waals surface area contributed by atoms with Crippen LogP contribution in [0.3, 0.4) is 0 Å². The van der Waals surface area contributed by atoms with Gasteiger partial charge in [-0.05, 0) is 52.4 Å². The number of hydrogen-bond donors (Lipinski definition) is 2. The molecule has 3 aliphatic rings. The first-order chi connectivity index (χ1) is 10.4.